The van der Waals surface area contributed by atoms with Crippen molar-refractivity contribution < 1.29 is 4.79 Å². The molecule has 2 aromatic heterocycles. The van der Waals surface area contributed by atoms with E-state index in [9.17, 15) is 4.79 Å². The van der Waals surface area contributed by atoms with Crippen LogP contribution in [-0.4, -0.2) is 76.3 Å². The number of piperazine rings is 1. The van der Waals surface area contributed by atoms with Crippen molar-refractivity contribution in [2.24, 2.45) is 7.05 Å². The van der Waals surface area contributed by atoms with Crippen LogP contribution in [0.3, 0.4) is 0 Å². The van der Waals surface area contributed by atoms with E-state index in [-0.39, 0.29) is 5.91 Å². The van der Waals surface area contributed by atoms with Crippen LogP contribution in [0.25, 0.3) is 11.0 Å². The molecule has 7 nitrogen and oxygen atoms in total. The molecule has 4 rings (SSSR count). The molecular weight excluding hydrogens is 352 g/mol. The van der Waals surface area contributed by atoms with E-state index < -0.39 is 0 Å². The Hall–Kier alpha value is -1.99. The summed E-state index contributed by atoms with van der Waals surface area (Å²) in [6.07, 6.45) is 3.32. The fraction of sp³-hybridized carbons (Fsp3) is 0.667. The molecule has 28 heavy (non-hydrogen) atoms. The second kappa shape index (κ2) is 8.17. The summed E-state index contributed by atoms with van der Waals surface area (Å²) in [6, 6.07) is 1.99. The number of rotatable bonds is 7. The molecule has 1 aliphatic heterocycles. The third kappa shape index (κ3) is 4.05. The second-order valence-electron chi connectivity index (χ2n) is 8.16. The monoisotopic (exact) mass is 384 g/mol. The molecular formula is C21H32N6O. The van der Waals surface area contributed by atoms with Crippen molar-refractivity contribution in [1.82, 2.24) is 29.9 Å². The number of hydrogen-bond acceptors (Lipinski definition) is 5. The van der Waals surface area contributed by atoms with Crippen LogP contribution in [0.1, 0.15) is 53.8 Å². The van der Waals surface area contributed by atoms with Gasteiger partial charge in [0.15, 0.2) is 5.65 Å². The van der Waals surface area contributed by atoms with Crippen molar-refractivity contribution in [2.75, 3.05) is 45.8 Å². The van der Waals surface area contributed by atoms with E-state index in [2.05, 4.69) is 27.1 Å². The molecule has 152 valence electrons. The highest BCUT2D eigenvalue weighted by Crippen LogP contribution is 2.40. The zero-order chi connectivity index (χ0) is 19.7. The number of aromatic nitrogens is 3. The Labute approximate surface area is 167 Å². The lowest BCUT2D eigenvalue weighted by Gasteiger charge is -2.33. The number of aryl methyl sites for hydroxylation is 2. The minimum atomic E-state index is 0.00111. The van der Waals surface area contributed by atoms with Gasteiger partial charge in [-0.3, -0.25) is 9.48 Å². The normalized spacial score (nSPS) is 18.7. The highest BCUT2D eigenvalue weighted by molar-refractivity contribution is 6.06. The van der Waals surface area contributed by atoms with Crippen molar-refractivity contribution in [2.45, 2.75) is 39.0 Å². The summed E-state index contributed by atoms with van der Waals surface area (Å²) in [5.41, 5.74) is 3.45. The molecule has 7 heteroatoms. The lowest BCUT2D eigenvalue weighted by atomic mass is 10.1. The Balaban J connectivity index is 1.37. The topological polar surface area (TPSA) is 66.3 Å². The average molecular weight is 385 g/mol. The Morgan fingerprint density at radius 3 is 2.61 bits per heavy atom. The van der Waals surface area contributed by atoms with Gasteiger partial charge < -0.3 is 15.1 Å². The van der Waals surface area contributed by atoms with Crippen LogP contribution in [0.2, 0.25) is 0 Å². The Morgan fingerprint density at radius 2 is 1.93 bits per heavy atom. The van der Waals surface area contributed by atoms with E-state index in [1.54, 1.807) is 4.68 Å². The van der Waals surface area contributed by atoms with E-state index in [4.69, 9.17) is 4.98 Å². The number of amides is 1. The van der Waals surface area contributed by atoms with Crippen LogP contribution in [0.15, 0.2) is 6.07 Å². The van der Waals surface area contributed by atoms with Crippen LogP contribution >= 0.6 is 0 Å². The smallest absolute Gasteiger partial charge is 0.252 e. The fourth-order valence-electron chi connectivity index (χ4n) is 4.16. The summed E-state index contributed by atoms with van der Waals surface area (Å²) < 4.78 is 1.79. The zero-order valence-corrected chi connectivity index (χ0v) is 17.4. The molecule has 0 bridgehead atoms. The summed E-state index contributed by atoms with van der Waals surface area (Å²) in [5, 5.41) is 8.51. The van der Waals surface area contributed by atoms with Gasteiger partial charge in [0.2, 0.25) is 0 Å². The highest BCUT2D eigenvalue weighted by atomic mass is 16.1. The molecule has 0 radical (unpaired) electrons. The van der Waals surface area contributed by atoms with Gasteiger partial charge in [-0.25, -0.2) is 4.98 Å². The minimum absolute atomic E-state index is 0.00111. The van der Waals surface area contributed by atoms with E-state index in [0.29, 0.717) is 12.5 Å². The molecule has 2 aromatic rings. The quantitative estimate of drug-likeness (QED) is 0.739. The van der Waals surface area contributed by atoms with Crippen LogP contribution in [-0.2, 0) is 7.05 Å². The van der Waals surface area contributed by atoms with Gasteiger partial charge in [0.1, 0.15) is 0 Å². The highest BCUT2D eigenvalue weighted by Gasteiger charge is 2.28. The number of nitrogens with zero attached hydrogens (tertiary/aromatic N) is 5. The second-order valence-corrected chi connectivity index (χ2v) is 8.16. The first-order valence-corrected chi connectivity index (χ1v) is 10.6. The molecule has 1 aliphatic carbocycles. The van der Waals surface area contributed by atoms with E-state index in [1.807, 2.05) is 20.0 Å². The number of carbonyl (C=O) groups excluding carboxylic acids is 1. The molecule has 2 aliphatic rings. The largest absolute Gasteiger partial charge is 0.352 e. The number of hydrogen-bond donors (Lipinski definition) is 1. The number of carbonyl (C=O) groups is 1. The third-order valence-electron chi connectivity index (χ3n) is 6.08. The van der Waals surface area contributed by atoms with Crippen LogP contribution in [0.5, 0.6) is 0 Å². The maximum Gasteiger partial charge on any atom is 0.252 e. The lowest BCUT2D eigenvalue weighted by Crippen LogP contribution is -2.46. The molecule has 2 fully saturated rings. The summed E-state index contributed by atoms with van der Waals surface area (Å²) in [4.78, 5) is 22.7. The Morgan fingerprint density at radius 1 is 1.21 bits per heavy atom. The minimum Gasteiger partial charge on any atom is -0.352 e. The maximum atomic E-state index is 13.0. The van der Waals surface area contributed by atoms with Crippen molar-refractivity contribution in [1.29, 1.82) is 0 Å². The summed E-state index contributed by atoms with van der Waals surface area (Å²) >= 11 is 0. The third-order valence-corrected chi connectivity index (χ3v) is 6.08. The van der Waals surface area contributed by atoms with E-state index >= 15 is 0 Å². The van der Waals surface area contributed by atoms with Gasteiger partial charge >= 0.3 is 0 Å². The molecule has 0 aromatic carbocycles. The van der Waals surface area contributed by atoms with Gasteiger partial charge in [0.25, 0.3) is 5.91 Å². The van der Waals surface area contributed by atoms with Crippen LogP contribution in [0.4, 0.5) is 0 Å². The molecule has 1 saturated heterocycles. The van der Waals surface area contributed by atoms with Crippen molar-refractivity contribution in [3.05, 3.63) is 23.0 Å². The first kappa shape index (κ1) is 19.3. The van der Waals surface area contributed by atoms with Gasteiger partial charge in [0.05, 0.1) is 16.6 Å². The predicted molar refractivity (Wildman–Crippen MR) is 111 cm³/mol. The number of likely N-dealkylation sites (N-methyl/N-ethyl adjacent to an activating group) is 1. The SMILES string of the molecule is CCN1CCN(CCCNC(=O)c2cc(C3CC3)nc3c2c(C)nn3C)CC1. The van der Waals surface area contributed by atoms with Crippen molar-refractivity contribution in [3.63, 3.8) is 0 Å². The van der Waals surface area contributed by atoms with Crippen molar-refractivity contribution in [3.8, 4) is 0 Å². The lowest BCUT2D eigenvalue weighted by molar-refractivity contribution is 0.0949. The standard InChI is InChI=1S/C21H32N6O/c1-4-26-10-12-27(13-11-26)9-5-8-22-21(28)17-14-18(16-6-7-16)23-20-19(17)15(2)24-25(20)3/h14,16H,4-13H2,1-3H3,(H,22,28). The van der Waals surface area contributed by atoms with Crippen LogP contribution in [0, 0.1) is 6.92 Å². The predicted octanol–water partition coefficient (Wildman–Crippen LogP) is 1.91. The Kier molecular flexibility index (Phi) is 5.64. The fourth-order valence-corrected chi connectivity index (χ4v) is 4.16. The van der Waals surface area contributed by atoms with Gasteiger partial charge in [0, 0.05) is 51.4 Å². The molecule has 0 spiro atoms. The maximum absolute atomic E-state index is 13.0. The number of pyridine rings is 1. The number of nitrogens with one attached hydrogen (secondary N) is 1. The molecule has 0 atom stereocenters. The molecule has 0 unspecified atom stereocenters. The molecule has 1 amide bonds. The van der Waals surface area contributed by atoms with Crippen molar-refractivity contribution >= 4 is 16.9 Å². The molecule has 1 saturated carbocycles. The number of fused-ring (bicyclic) bond motifs is 1. The van der Waals surface area contributed by atoms with E-state index in [0.717, 1.165) is 73.7 Å². The van der Waals surface area contributed by atoms with Gasteiger partial charge in [-0.1, -0.05) is 6.92 Å². The Bertz CT molecular complexity index is 848. The van der Waals surface area contributed by atoms with Gasteiger partial charge in [-0.15, -0.1) is 0 Å². The molecule has 3 heterocycles. The van der Waals surface area contributed by atoms with Crippen LogP contribution < -0.4 is 5.32 Å². The summed E-state index contributed by atoms with van der Waals surface area (Å²) in [5.74, 6) is 0.508. The molecule has 1 N–H and O–H groups in total. The van der Waals surface area contributed by atoms with Gasteiger partial charge in [-0.05, 0) is 45.3 Å². The first-order chi connectivity index (χ1) is 13.6. The summed E-state index contributed by atoms with van der Waals surface area (Å²) in [6.45, 7) is 11.6. The van der Waals surface area contributed by atoms with E-state index in [1.165, 1.54) is 12.8 Å². The van der Waals surface area contributed by atoms with Gasteiger partial charge in [-0.2, -0.15) is 5.10 Å². The average Bonchev–Trinajstić information content (AvgIpc) is 3.51. The summed E-state index contributed by atoms with van der Waals surface area (Å²) in [7, 11) is 1.90. The first-order valence-electron chi connectivity index (χ1n) is 10.6. The zero-order valence-electron chi connectivity index (χ0n) is 17.4.